The lowest BCUT2D eigenvalue weighted by Gasteiger charge is -2.36. The Balaban J connectivity index is 0.00000312. The number of rotatable bonds is 5. The summed E-state index contributed by atoms with van der Waals surface area (Å²) in [5.41, 5.74) is 5.25. The Labute approximate surface area is 156 Å². The molecule has 1 aromatic rings. The molecule has 140 valence electrons. The summed E-state index contributed by atoms with van der Waals surface area (Å²) >= 11 is 5.89. The second kappa shape index (κ2) is 9.89. The zero-order valence-corrected chi connectivity index (χ0v) is 15.1. The molecule has 1 aliphatic rings. The number of hydrogen-bond donors (Lipinski definition) is 2. The molecule has 1 aliphatic heterocycles. The van der Waals surface area contributed by atoms with Crippen molar-refractivity contribution in [1.82, 2.24) is 10.2 Å². The number of hydrogen-bond acceptors (Lipinski definition) is 3. The lowest BCUT2D eigenvalue weighted by molar-refractivity contribution is -0.121. The molecule has 0 saturated carbocycles. The Morgan fingerprint density at radius 3 is 2.64 bits per heavy atom. The van der Waals surface area contributed by atoms with Gasteiger partial charge in [-0.15, -0.1) is 12.4 Å². The second-order valence-corrected chi connectivity index (χ2v) is 6.14. The lowest BCUT2D eigenvalue weighted by atomic mass is 10.0. The molecule has 0 aromatic heterocycles. The third-order valence-corrected chi connectivity index (χ3v) is 4.35. The van der Waals surface area contributed by atoms with Crippen molar-refractivity contribution >= 4 is 35.8 Å². The van der Waals surface area contributed by atoms with E-state index in [4.69, 9.17) is 17.3 Å². The molecule has 0 radical (unpaired) electrons. The zero-order valence-electron chi connectivity index (χ0n) is 13.6. The Morgan fingerprint density at radius 2 is 1.96 bits per heavy atom. The van der Waals surface area contributed by atoms with Gasteiger partial charge in [-0.1, -0.05) is 11.6 Å². The summed E-state index contributed by atoms with van der Waals surface area (Å²) in [6, 6.07) is 1.40. The van der Waals surface area contributed by atoms with Crippen LogP contribution in [0.15, 0.2) is 12.1 Å². The molecular formula is C16H21Cl2F2N3O2. The SMILES string of the molecule is Cl.NCCC(=O)NCC1CCCCN1C(=O)c1cc(F)c(F)cc1Cl. The quantitative estimate of drug-likeness (QED) is 0.751. The molecular weight excluding hydrogens is 375 g/mol. The van der Waals surface area contributed by atoms with Gasteiger partial charge in [0.25, 0.3) is 5.91 Å². The van der Waals surface area contributed by atoms with Gasteiger partial charge in [0.15, 0.2) is 11.6 Å². The van der Waals surface area contributed by atoms with E-state index in [2.05, 4.69) is 5.32 Å². The van der Waals surface area contributed by atoms with Crippen molar-refractivity contribution in [2.24, 2.45) is 5.73 Å². The molecule has 2 amide bonds. The number of carbonyl (C=O) groups is 2. The smallest absolute Gasteiger partial charge is 0.255 e. The topological polar surface area (TPSA) is 75.4 Å². The number of benzene rings is 1. The average Bonchev–Trinajstić information content (AvgIpc) is 2.56. The van der Waals surface area contributed by atoms with Crippen LogP contribution in [0.3, 0.4) is 0 Å². The monoisotopic (exact) mass is 395 g/mol. The third kappa shape index (κ3) is 5.52. The molecule has 1 saturated heterocycles. The Kier molecular flexibility index (Phi) is 8.55. The van der Waals surface area contributed by atoms with Gasteiger partial charge in [0.1, 0.15) is 0 Å². The highest BCUT2D eigenvalue weighted by molar-refractivity contribution is 6.33. The minimum Gasteiger partial charge on any atom is -0.354 e. The Morgan fingerprint density at radius 1 is 1.28 bits per heavy atom. The van der Waals surface area contributed by atoms with E-state index in [0.717, 1.165) is 31.4 Å². The lowest BCUT2D eigenvalue weighted by Crippen LogP contribution is -2.49. The molecule has 5 nitrogen and oxygen atoms in total. The highest BCUT2D eigenvalue weighted by Crippen LogP contribution is 2.25. The maximum Gasteiger partial charge on any atom is 0.255 e. The molecule has 2 rings (SSSR count). The van der Waals surface area contributed by atoms with E-state index in [-0.39, 0.29) is 47.9 Å². The Hall–Kier alpha value is -1.44. The van der Waals surface area contributed by atoms with Crippen LogP contribution in [-0.2, 0) is 4.79 Å². The van der Waals surface area contributed by atoms with Crippen molar-refractivity contribution in [1.29, 1.82) is 0 Å². The number of nitrogens with one attached hydrogen (secondary N) is 1. The van der Waals surface area contributed by atoms with Gasteiger partial charge in [0, 0.05) is 32.1 Å². The van der Waals surface area contributed by atoms with Crippen LogP contribution < -0.4 is 11.1 Å². The first-order valence-electron chi connectivity index (χ1n) is 7.86. The van der Waals surface area contributed by atoms with Gasteiger partial charge >= 0.3 is 0 Å². The summed E-state index contributed by atoms with van der Waals surface area (Å²) < 4.78 is 26.6. The van der Waals surface area contributed by atoms with E-state index in [9.17, 15) is 18.4 Å². The fraction of sp³-hybridized carbons (Fsp3) is 0.500. The molecule has 9 heteroatoms. The van der Waals surface area contributed by atoms with Crippen LogP contribution in [0.4, 0.5) is 8.78 Å². The molecule has 1 unspecified atom stereocenters. The highest BCUT2D eigenvalue weighted by atomic mass is 35.5. The summed E-state index contributed by atoms with van der Waals surface area (Å²) in [6.07, 6.45) is 2.67. The van der Waals surface area contributed by atoms with E-state index in [0.29, 0.717) is 13.1 Å². The van der Waals surface area contributed by atoms with Gasteiger partial charge in [-0.3, -0.25) is 9.59 Å². The van der Waals surface area contributed by atoms with Crippen molar-refractivity contribution < 1.29 is 18.4 Å². The minimum atomic E-state index is -1.12. The van der Waals surface area contributed by atoms with Crippen molar-refractivity contribution in [3.05, 3.63) is 34.4 Å². The van der Waals surface area contributed by atoms with Crippen LogP contribution in [0.25, 0.3) is 0 Å². The first-order valence-corrected chi connectivity index (χ1v) is 8.24. The summed E-state index contributed by atoms with van der Waals surface area (Å²) in [5, 5.41) is 2.62. The first-order chi connectivity index (χ1) is 11.4. The van der Waals surface area contributed by atoms with Crippen LogP contribution >= 0.6 is 24.0 Å². The van der Waals surface area contributed by atoms with Crippen molar-refractivity contribution in [3.63, 3.8) is 0 Å². The van der Waals surface area contributed by atoms with E-state index < -0.39 is 17.5 Å². The molecule has 3 N–H and O–H groups in total. The van der Waals surface area contributed by atoms with Gasteiger partial charge in [0.05, 0.1) is 10.6 Å². The number of amides is 2. The fourth-order valence-corrected chi connectivity index (χ4v) is 3.00. The van der Waals surface area contributed by atoms with Crippen LogP contribution in [-0.4, -0.2) is 42.4 Å². The normalized spacial score (nSPS) is 17.0. The zero-order chi connectivity index (χ0) is 17.7. The number of nitrogens with zero attached hydrogens (tertiary/aromatic N) is 1. The largest absolute Gasteiger partial charge is 0.354 e. The maximum atomic E-state index is 13.4. The molecule has 1 fully saturated rings. The molecule has 1 heterocycles. The van der Waals surface area contributed by atoms with Crippen LogP contribution in [0, 0.1) is 11.6 Å². The molecule has 25 heavy (non-hydrogen) atoms. The average molecular weight is 396 g/mol. The van der Waals surface area contributed by atoms with Crippen LogP contribution in [0.5, 0.6) is 0 Å². The maximum absolute atomic E-state index is 13.4. The van der Waals surface area contributed by atoms with Gasteiger partial charge in [0.2, 0.25) is 5.91 Å². The predicted octanol–water partition coefficient (Wildman–Crippen LogP) is 2.50. The van der Waals surface area contributed by atoms with Crippen molar-refractivity contribution in [2.75, 3.05) is 19.6 Å². The summed E-state index contributed by atoms with van der Waals surface area (Å²) in [7, 11) is 0. The molecule has 1 aromatic carbocycles. The predicted molar refractivity (Wildman–Crippen MR) is 94.0 cm³/mol. The summed E-state index contributed by atoms with van der Waals surface area (Å²) in [6.45, 7) is 1.03. The Bertz CT molecular complexity index is 632. The van der Waals surface area contributed by atoms with E-state index in [1.807, 2.05) is 0 Å². The van der Waals surface area contributed by atoms with Crippen molar-refractivity contribution in [3.8, 4) is 0 Å². The van der Waals surface area contributed by atoms with Crippen LogP contribution in [0.2, 0.25) is 5.02 Å². The van der Waals surface area contributed by atoms with Gasteiger partial charge in [-0.2, -0.15) is 0 Å². The number of nitrogens with two attached hydrogens (primary N) is 1. The number of piperidine rings is 1. The highest BCUT2D eigenvalue weighted by Gasteiger charge is 2.29. The standard InChI is InChI=1S/C16H20ClF2N3O2.ClH/c17-12-8-14(19)13(18)7-11(12)16(24)22-6-2-1-3-10(22)9-21-15(23)4-5-20;/h7-8,10H,1-6,9,20H2,(H,21,23);1H. The molecule has 0 bridgehead atoms. The summed E-state index contributed by atoms with van der Waals surface area (Å²) in [4.78, 5) is 25.8. The van der Waals surface area contributed by atoms with E-state index in [1.165, 1.54) is 0 Å². The van der Waals surface area contributed by atoms with Gasteiger partial charge in [-0.05, 0) is 31.4 Å². The minimum absolute atomic E-state index is 0. The third-order valence-electron chi connectivity index (χ3n) is 4.03. The fourth-order valence-electron chi connectivity index (χ4n) is 2.77. The molecule has 1 atom stereocenters. The van der Waals surface area contributed by atoms with Gasteiger partial charge in [-0.25, -0.2) is 8.78 Å². The number of carbonyl (C=O) groups excluding carboxylic acids is 2. The molecule has 0 spiro atoms. The van der Waals surface area contributed by atoms with Crippen molar-refractivity contribution in [2.45, 2.75) is 31.7 Å². The second-order valence-electron chi connectivity index (χ2n) is 5.74. The van der Waals surface area contributed by atoms with E-state index in [1.54, 1.807) is 4.90 Å². The summed E-state index contributed by atoms with van der Waals surface area (Å²) in [5.74, 6) is -2.86. The number of likely N-dealkylation sites (tertiary alicyclic amines) is 1. The first kappa shape index (κ1) is 21.6. The van der Waals surface area contributed by atoms with E-state index >= 15 is 0 Å². The number of halogens is 4. The molecule has 0 aliphatic carbocycles. The van der Waals surface area contributed by atoms with Gasteiger partial charge < -0.3 is 16.0 Å². The van der Waals surface area contributed by atoms with Crippen LogP contribution in [0.1, 0.15) is 36.0 Å².